The van der Waals surface area contributed by atoms with Crippen LogP contribution in [0.3, 0.4) is 0 Å². The minimum absolute atomic E-state index is 0.708. The first-order valence-corrected chi connectivity index (χ1v) is 5.26. The summed E-state index contributed by atoms with van der Waals surface area (Å²) in [5.41, 5.74) is 1.68. The van der Waals surface area contributed by atoms with E-state index in [0.717, 1.165) is 5.92 Å². The molecule has 0 bridgehead atoms. The molecule has 0 radical (unpaired) electrons. The fourth-order valence-electron chi connectivity index (χ4n) is 2.15. The van der Waals surface area contributed by atoms with E-state index in [4.69, 9.17) is 0 Å². The molecule has 0 saturated heterocycles. The second kappa shape index (κ2) is 3.61. The van der Waals surface area contributed by atoms with Crippen molar-refractivity contribution in [2.24, 2.45) is 5.92 Å². The van der Waals surface area contributed by atoms with Gasteiger partial charge in [-0.25, -0.2) is 0 Å². The Labute approximate surface area is 75.2 Å². The molecule has 2 aliphatic rings. The number of allylic oxidation sites excluding steroid dienone is 1. The normalized spacial score (nSPS) is 25.6. The molecule has 1 heteroatoms. The maximum Gasteiger partial charge on any atom is 0.0279 e. The Morgan fingerprint density at radius 3 is 2.92 bits per heavy atom. The van der Waals surface area contributed by atoms with E-state index in [1.807, 2.05) is 0 Å². The Balaban J connectivity index is 1.87. The third kappa shape index (κ3) is 1.89. The number of likely N-dealkylation sites (N-methyl/N-ethyl adjacent to an activating group) is 1. The highest BCUT2D eigenvalue weighted by molar-refractivity contribution is 5.15. The monoisotopic (exact) mass is 165 g/mol. The average Bonchev–Trinajstić information content (AvgIpc) is 2.74. The van der Waals surface area contributed by atoms with Crippen LogP contribution in [0.4, 0.5) is 0 Å². The van der Waals surface area contributed by atoms with Gasteiger partial charge < -0.3 is 5.32 Å². The maximum absolute atomic E-state index is 3.45. The number of hydrogen-bond acceptors (Lipinski definition) is 1. The number of hydrogen-bond donors (Lipinski definition) is 1. The first-order valence-electron chi connectivity index (χ1n) is 5.26. The summed E-state index contributed by atoms with van der Waals surface area (Å²) in [6.45, 7) is 0. The summed E-state index contributed by atoms with van der Waals surface area (Å²) in [7, 11) is 2.10. The summed E-state index contributed by atoms with van der Waals surface area (Å²) in [4.78, 5) is 0. The molecule has 0 heterocycles. The zero-order valence-corrected chi connectivity index (χ0v) is 7.97. The van der Waals surface area contributed by atoms with Crippen molar-refractivity contribution in [1.29, 1.82) is 0 Å². The SMILES string of the molecule is CNC(CC1CC1)C1=CCCC1. The van der Waals surface area contributed by atoms with Gasteiger partial charge in [-0.1, -0.05) is 24.5 Å². The predicted octanol–water partition coefficient (Wildman–Crippen LogP) is 2.48. The van der Waals surface area contributed by atoms with Crippen LogP contribution in [0.2, 0.25) is 0 Å². The highest BCUT2D eigenvalue weighted by Gasteiger charge is 2.26. The van der Waals surface area contributed by atoms with E-state index in [-0.39, 0.29) is 0 Å². The fraction of sp³-hybridized carbons (Fsp3) is 0.818. The lowest BCUT2D eigenvalue weighted by molar-refractivity contribution is 0.539. The Kier molecular flexibility index (Phi) is 2.50. The zero-order chi connectivity index (χ0) is 8.39. The van der Waals surface area contributed by atoms with Gasteiger partial charge in [0, 0.05) is 6.04 Å². The third-order valence-electron chi connectivity index (χ3n) is 3.14. The highest BCUT2D eigenvalue weighted by Crippen LogP contribution is 2.36. The van der Waals surface area contributed by atoms with Crippen LogP contribution in [0.25, 0.3) is 0 Å². The van der Waals surface area contributed by atoms with Crippen molar-refractivity contribution in [2.75, 3.05) is 7.05 Å². The van der Waals surface area contributed by atoms with E-state index in [1.54, 1.807) is 5.57 Å². The van der Waals surface area contributed by atoms with E-state index < -0.39 is 0 Å². The summed E-state index contributed by atoms with van der Waals surface area (Å²) in [5, 5.41) is 3.45. The van der Waals surface area contributed by atoms with Crippen LogP contribution >= 0.6 is 0 Å². The van der Waals surface area contributed by atoms with Crippen LogP contribution in [-0.4, -0.2) is 13.1 Å². The second-order valence-electron chi connectivity index (χ2n) is 4.19. The molecule has 2 rings (SSSR count). The fourth-order valence-corrected chi connectivity index (χ4v) is 2.15. The van der Waals surface area contributed by atoms with Gasteiger partial charge in [-0.15, -0.1) is 0 Å². The van der Waals surface area contributed by atoms with Crippen molar-refractivity contribution < 1.29 is 0 Å². The predicted molar refractivity (Wildman–Crippen MR) is 52.1 cm³/mol. The van der Waals surface area contributed by atoms with Crippen LogP contribution in [0.1, 0.15) is 38.5 Å². The Bertz CT molecular complexity index is 179. The van der Waals surface area contributed by atoms with Gasteiger partial charge >= 0.3 is 0 Å². The van der Waals surface area contributed by atoms with Crippen LogP contribution in [-0.2, 0) is 0 Å². The van der Waals surface area contributed by atoms with E-state index in [2.05, 4.69) is 18.4 Å². The standard InChI is InChI=1S/C11H19N/c1-12-11(8-9-6-7-9)10-4-2-3-5-10/h4,9,11-12H,2-3,5-8H2,1H3. The van der Waals surface area contributed by atoms with Crippen LogP contribution in [0.5, 0.6) is 0 Å². The lowest BCUT2D eigenvalue weighted by Crippen LogP contribution is -2.27. The third-order valence-corrected chi connectivity index (χ3v) is 3.14. The molecule has 1 saturated carbocycles. The second-order valence-corrected chi connectivity index (χ2v) is 4.19. The van der Waals surface area contributed by atoms with Gasteiger partial charge in [0.05, 0.1) is 0 Å². The first kappa shape index (κ1) is 8.31. The smallest absolute Gasteiger partial charge is 0.0279 e. The maximum atomic E-state index is 3.45. The molecule has 2 aliphatic carbocycles. The van der Waals surface area contributed by atoms with Crippen molar-refractivity contribution >= 4 is 0 Å². The number of nitrogens with one attached hydrogen (secondary N) is 1. The van der Waals surface area contributed by atoms with Gasteiger partial charge in [0.1, 0.15) is 0 Å². The first-order chi connectivity index (χ1) is 5.90. The van der Waals surface area contributed by atoms with Crippen molar-refractivity contribution in [3.8, 4) is 0 Å². The van der Waals surface area contributed by atoms with Gasteiger partial charge in [0.2, 0.25) is 0 Å². The summed E-state index contributed by atoms with van der Waals surface area (Å²) >= 11 is 0. The Morgan fingerprint density at radius 1 is 1.58 bits per heavy atom. The van der Waals surface area contributed by atoms with E-state index in [1.165, 1.54) is 38.5 Å². The molecule has 0 spiro atoms. The quantitative estimate of drug-likeness (QED) is 0.631. The molecule has 0 aliphatic heterocycles. The molecule has 12 heavy (non-hydrogen) atoms. The highest BCUT2D eigenvalue weighted by atomic mass is 14.9. The lowest BCUT2D eigenvalue weighted by atomic mass is 10.0. The molecule has 0 aromatic carbocycles. The molecule has 0 aromatic rings. The molecule has 68 valence electrons. The Morgan fingerprint density at radius 2 is 2.42 bits per heavy atom. The molecule has 1 unspecified atom stereocenters. The minimum Gasteiger partial charge on any atom is -0.313 e. The molecule has 1 N–H and O–H groups in total. The van der Waals surface area contributed by atoms with Crippen LogP contribution in [0.15, 0.2) is 11.6 Å². The summed E-state index contributed by atoms with van der Waals surface area (Å²) in [6, 6.07) is 0.708. The summed E-state index contributed by atoms with van der Waals surface area (Å²) in [5.74, 6) is 1.05. The zero-order valence-electron chi connectivity index (χ0n) is 7.97. The molecule has 0 amide bonds. The lowest BCUT2D eigenvalue weighted by Gasteiger charge is -2.17. The Hall–Kier alpha value is -0.300. The average molecular weight is 165 g/mol. The molecule has 1 fully saturated rings. The van der Waals surface area contributed by atoms with E-state index in [9.17, 15) is 0 Å². The summed E-state index contributed by atoms with van der Waals surface area (Å²) < 4.78 is 0. The van der Waals surface area contributed by atoms with Gasteiger partial charge in [-0.3, -0.25) is 0 Å². The van der Waals surface area contributed by atoms with Gasteiger partial charge in [-0.2, -0.15) is 0 Å². The topological polar surface area (TPSA) is 12.0 Å². The van der Waals surface area contributed by atoms with Crippen molar-refractivity contribution in [1.82, 2.24) is 5.32 Å². The molecular weight excluding hydrogens is 146 g/mol. The van der Waals surface area contributed by atoms with Gasteiger partial charge in [0.25, 0.3) is 0 Å². The van der Waals surface area contributed by atoms with Crippen LogP contribution < -0.4 is 5.32 Å². The van der Waals surface area contributed by atoms with E-state index >= 15 is 0 Å². The van der Waals surface area contributed by atoms with Crippen molar-refractivity contribution in [3.63, 3.8) is 0 Å². The molecule has 1 nitrogen and oxygen atoms in total. The minimum atomic E-state index is 0.708. The molecule has 0 aromatic heterocycles. The van der Waals surface area contributed by atoms with Crippen LogP contribution in [0, 0.1) is 5.92 Å². The van der Waals surface area contributed by atoms with Crippen molar-refractivity contribution in [3.05, 3.63) is 11.6 Å². The number of rotatable bonds is 4. The molecular formula is C11H19N. The largest absolute Gasteiger partial charge is 0.313 e. The van der Waals surface area contributed by atoms with E-state index in [0.29, 0.717) is 6.04 Å². The van der Waals surface area contributed by atoms with Gasteiger partial charge in [0.15, 0.2) is 0 Å². The summed E-state index contributed by atoms with van der Waals surface area (Å²) in [6.07, 6.45) is 10.8. The van der Waals surface area contributed by atoms with Gasteiger partial charge in [-0.05, 0) is 38.6 Å². The molecule has 1 atom stereocenters. The van der Waals surface area contributed by atoms with Crippen molar-refractivity contribution in [2.45, 2.75) is 44.6 Å².